The van der Waals surface area contributed by atoms with Crippen LogP contribution in [0.5, 0.6) is 0 Å². The number of hydrogen-bond donors (Lipinski definition) is 1. The van der Waals surface area contributed by atoms with Crippen LogP contribution in [-0.4, -0.2) is 41.1 Å². The second-order valence-corrected chi connectivity index (χ2v) is 7.24. The lowest BCUT2D eigenvalue weighted by atomic mass is 10.3. The van der Waals surface area contributed by atoms with E-state index in [4.69, 9.17) is 5.73 Å². The molecule has 0 aliphatic carbocycles. The second kappa shape index (κ2) is 6.41. The summed E-state index contributed by atoms with van der Waals surface area (Å²) in [7, 11) is -3.26. The summed E-state index contributed by atoms with van der Waals surface area (Å²) in [6.07, 6.45) is 0.821. The molecule has 2 N–H and O–H groups in total. The molecule has 2 rings (SSSR count). The van der Waals surface area contributed by atoms with Gasteiger partial charge in [0.05, 0.1) is 17.9 Å². The van der Waals surface area contributed by atoms with Crippen LogP contribution in [0.4, 0.5) is 8.78 Å². The SMILES string of the molecule is CS(=O)(=O)CCc1nc(CC(N)=O)nn1-c1ccc(F)c(F)c1. The Labute approximate surface area is 131 Å². The van der Waals surface area contributed by atoms with Gasteiger partial charge >= 0.3 is 0 Å². The molecule has 0 radical (unpaired) electrons. The maximum Gasteiger partial charge on any atom is 0.225 e. The Morgan fingerprint density at radius 3 is 2.57 bits per heavy atom. The Morgan fingerprint density at radius 2 is 2.00 bits per heavy atom. The number of rotatable bonds is 6. The highest BCUT2D eigenvalue weighted by molar-refractivity contribution is 7.90. The van der Waals surface area contributed by atoms with Gasteiger partial charge in [0.2, 0.25) is 5.91 Å². The van der Waals surface area contributed by atoms with Gasteiger partial charge in [0.1, 0.15) is 15.7 Å². The minimum atomic E-state index is -3.26. The molecular formula is C13H14F2N4O3S. The molecule has 23 heavy (non-hydrogen) atoms. The van der Waals surface area contributed by atoms with Crippen molar-refractivity contribution in [2.75, 3.05) is 12.0 Å². The van der Waals surface area contributed by atoms with E-state index in [9.17, 15) is 22.0 Å². The van der Waals surface area contributed by atoms with E-state index in [0.717, 1.165) is 18.4 Å². The van der Waals surface area contributed by atoms with Crippen molar-refractivity contribution < 1.29 is 22.0 Å². The summed E-state index contributed by atoms with van der Waals surface area (Å²) in [5, 5.41) is 4.01. The third kappa shape index (κ3) is 4.55. The molecule has 1 aromatic heterocycles. The van der Waals surface area contributed by atoms with E-state index in [2.05, 4.69) is 10.1 Å². The van der Waals surface area contributed by atoms with Gasteiger partial charge in [-0.25, -0.2) is 26.9 Å². The number of benzene rings is 1. The number of nitrogens with zero attached hydrogens (tertiary/aromatic N) is 3. The molecule has 0 bridgehead atoms. The van der Waals surface area contributed by atoms with E-state index in [1.807, 2.05) is 0 Å². The largest absolute Gasteiger partial charge is 0.369 e. The van der Waals surface area contributed by atoms with E-state index in [1.165, 1.54) is 10.7 Å². The van der Waals surface area contributed by atoms with Crippen molar-refractivity contribution in [3.8, 4) is 5.69 Å². The molecule has 0 saturated carbocycles. The Kier molecular flexibility index (Phi) is 4.73. The van der Waals surface area contributed by atoms with Gasteiger partial charge in [0.25, 0.3) is 0 Å². The number of aromatic nitrogens is 3. The van der Waals surface area contributed by atoms with E-state index >= 15 is 0 Å². The Hall–Kier alpha value is -2.36. The van der Waals surface area contributed by atoms with E-state index in [0.29, 0.717) is 0 Å². The van der Waals surface area contributed by atoms with Crippen molar-refractivity contribution >= 4 is 15.7 Å². The van der Waals surface area contributed by atoms with Gasteiger partial charge in [-0.3, -0.25) is 4.79 Å². The fraction of sp³-hybridized carbons (Fsp3) is 0.308. The topological polar surface area (TPSA) is 108 Å². The van der Waals surface area contributed by atoms with Crippen LogP contribution in [-0.2, 0) is 27.5 Å². The molecule has 10 heteroatoms. The molecule has 0 fully saturated rings. The van der Waals surface area contributed by atoms with Crippen molar-refractivity contribution in [1.82, 2.24) is 14.8 Å². The van der Waals surface area contributed by atoms with Crippen molar-refractivity contribution in [2.24, 2.45) is 5.73 Å². The third-order valence-electron chi connectivity index (χ3n) is 2.89. The maximum absolute atomic E-state index is 13.4. The lowest BCUT2D eigenvalue weighted by Crippen LogP contribution is -2.14. The first-order valence-electron chi connectivity index (χ1n) is 6.52. The van der Waals surface area contributed by atoms with Crippen LogP contribution in [0.1, 0.15) is 11.6 Å². The number of carbonyl (C=O) groups excluding carboxylic acids is 1. The number of halogens is 2. The summed E-state index contributed by atoms with van der Waals surface area (Å²) < 4.78 is 50.2. The fourth-order valence-corrected chi connectivity index (χ4v) is 2.44. The highest BCUT2D eigenvalue weighted by atomic mass is 32.2. The summed E-state index contributed by atoms with van der Waals surface area (Å²) in [6.45, 7) is 0. The fourth-order valence-electron chi connectivity index (χ4n) is 1.88. The average molecular weight is 344 g/mol. The van der Waals surface area contributed by atoms with Crippen LogP contribution in [0, 0.1) is 11.6 Å². The summed E-state index contributed by atoms with van der Waals surface area (Å²) in [4.78, 5) is 15.0. The zero-order chi connectivity index (χ0) is 17.2. The van der Waals surface area contributed by atoms with Crippen LogP contribution in [0.25, 0.3) is 5.69 Å². The highest BCUT2D eigenvalue weighted by Gasteiger charge is 2.16. The molecule has 0 unspecified atom stereocenters. The molecule has 0 atom stereocenters. The monoisotopic (exact) mass is 344 g/mol. The number of carbonyl (C=O) groups is 1. The quantitative estimate of drug-likeness (QED) is 0.803. The number of hydrogen-bond acceptors (Lipinski definition) is 5. The smallest absolute Gasteiger partial charge is 0.225 e. The van der Waals surface area contributed by atoms with Gasteiger partial charge in [-0.2, -0.15) is 5.10 Å². The molecule has 1 amide bonds. The summed E-state index contributed by atoms with van der Waals surface area (Å²) in [5.74, 6) is -2.69. The Bertz CT molecular complexity index is 849. The number of nitrogens with two attached hydrogens (primary N) is 1. The lowest BCUT2D eigenvalue weighted by Gasteiger charge is -2.06. The van der Waals surface area contributed by atoms with Gasteiger partial charge in [-0.1, -0.05) is 0 Å². The first kappa shape index (κ1) is 17.0. The second-order valence-electron chi connectivity index (χ2n) is 4.98. The van der Waals surface area contributed by atoms with Crippen molar-refractivity contribution in [3.63, 3.8) is 0 Å². The number of sulfone groups is 1. The van der Waals surface area contributed by atoms with Crippen molar-refractivity contribution in [2.45, 2.75) is 12.8 Å². The minimum absolute atomic E-state index is 0.00356. The molecule has 1 aromatic carbocycles. The average Bonchev–Trinajstić information content (AvgIpc) is 2.81. The van der Waals surface area contributed by atoms with Crippen molar-refractivity contribution in [3.05, 3.63) is 41.5 Å². The summed E-state index contributed by atoms with van der Waals surface area (Å²) >= 11 is 0. The van der Waals surface area contributed by atoms with Crippen molar-refractivity contribution in [1.29, 1.82) is 0 Å². The normalized spacial score (nSPS) is 11.6. The van der Waals surface area contributed by atoms with Gasteiger partial charge < -0.3 is 5.73 Å². The number of aryl methyl sites for hydroxylation is 1. The maximum atomic E-state index is 13.4. The minimum Gasteiger partial charge on any atom is -0.369 e. The predicted octanol–water partition coefficient (Wildman–Crippen LogP) is 0.160. The van der Waals surface area contributed by atoms with Gasteiger partial charge in [-0.15, -0.1) is 0 Å². The zero-order valence-corrected chi connectivity index (χ0v) is 13.0. The molecule has 124 valence electrons. The number of primary amides is 1. The summed E-state index contributed by atoms with van der Waals surface area (Å²) in [6, 6.07) is 3.09. The summed E-state index contributed by atoms with van der Waals surface area (Å²) in [5.41, 5.74) is 5.24. The Balaban J connectivity index is 2.43. The molecule has 2 aromatic rings. The van der Waals surface area contributed by atoms with Gasteiger partial charge in [0.15, 0.2) is 17.5 Å². The van der Waals surface area contributed by atoms with Crippen LogP contribution < -0.4 is 5.73 Å². The molecule has 7 nitrogen and oxygen atoms in total. The highest BCUT2D eigenvalue weighted by Crippen LogP contribution is 2.15. The van der Waals surface area contributed by atoms with Gasteiger partial charge in [0, 0.05) is 18.7 Å². The van der Waals surface area contributed by atoms with Crippen LogP contribution in [0.15, 0.2) is 18.2 Å². The predicted molar refractivity (Wildman–Crippen MR) is 77.6 cm³/mol. The molecule has 1 heterocycles. The van der Waals surface area contributed by atoms with Crippen LogP contribution in [0.3, 0.4) is 0 Å². The zero-order valence-electron chi connectivity index (χ0n) is 12.2. The molecule has 0 aliphatic rings. The first-order chi connectivity index (χ1) is 10.7. The molecule has 0 spiro atoms. The standard InChI is InChI=1S/C13H14F2N4O3S/c1-23(21,22)5-4-13-17-12(7-11(16)20)18-19(13)8-2-3-9(14)10(15)6-8/h2-3,6H,4-5,7H2,1H3,(H2,16,20). The van der Waals surface area contributed by atoms with E-state index in [1.54, 1.807) is 0 Å². The Morgan fingerprint density at radius 1 is 1.30 bits per heavy atom. The molecule has 0 aliphatic heterocycles. The van der Waals surface area contributed by atoms with E-state index < -0.39 is 27.4 Å². The number of amides is 1. The lowest BCUT2D eigenvalue weighted by molar-refractivity contribution is -0.117. The molecule has 0 saturated heterocycles. The van der Waals surface area contributed by atoms with Crippen LogP contribution >= 0.6 is 0 Å². The van der Waals surface area contributed by atoms with Gasteiger partial charge in [-0.05, 0) is 12.1 Å². The van der Waals surface area contributed by atoms with Crippen LogP contribution in [0.2, 0.25) is 0 Å². The molecular weight excluding hydrogens is 330 g/mol. The van der Waals surface area contributed by atoms with E-state index in [-0.39, 0.29) is 35.9 Å². The first-order valence-corrected chi connectivity index (χ1v) is 8.58. The third-order valence-corrected chi connectivity index (χ3v) is 3.84.